The molecule has 2 saturated carbocycles. The first-order valence-corrected chi connectivity index (χ1v) is 16.4. The third-order valence-electron chi connectivity index (χ3n) is 10.2. The number of likely N-dealkylation sites (tertiary alicyclic amines) is 1. The van der Waals surface area contributed by atoms with Crippen LogP contribution in [-0.4, -0.2) is 61.6 Å². The summed E-state index contributed by atoms with van der Waals surface area (Å²) in [5.74, 6) is 2.15. The molecule has 3 aliphatic rings. The number of hydrogen-bond acceptors (Lipinski definition) is 6. The number of nitrogens with zero attached hydrogens (tertiary/aromatic N) is 5. The summed E-state index contributed by atoms with van der Waals surface area (Å²) in [4.78, 5) is 38.2. The van der Waals surface area contributed by atoms with Crippen LogP contribution in [0.5, 0.6) is 5.75 Å². The molecule has 1 saturated heterocycles. The summed E-state index contributed by atoms with van der Waals surface area (Å²) >= 11 is 0. The van der Waals surface area contributed by atoms with Crippen molar-refractivity contribution in [1.82, 2.24) is 24.0 Å². The van der Waals surface area contributed by atoms with Crippen molar-refractivity contribution in [2.75, 3.05) is 19.0 Å². The second-order valence-corrected chi connectivity index (χ2v) is 13.5. The van der Waals surface area contributed by atoms with Gasteiger partial charge >= 0.3 is 0 Å². The molecule has 1 aliphatic heterocycles. The largest absolute Gasteiger partial charge is 0.494 e. The Morgan fingerprint density at radius 2 is 1.89 bits per heavy atom. The average molecular weight is 630 g/mol. The number of fused-ring (bicyclic) bond motifs is 4. The number of methoxy groups -OCH3 is 1. The number of hydrogen-bond donors (Lipinski definition) is 2. The molecule has 10 nitrogen and oxygen atoms in total. The van der Waals surface area contributed by atoms with E-state index in [4.69, 9.17) is 20.4 Å². The maximum Gasteiger partial charge on any atom is 0.254 e. The Morgan fingerprint density at radius 1 is 1.06 bits per heavy atom. The number of carbonyl (C=O) groups excluding carboxylic acids is 2. The van der Waals surface area contributed by atoms with Gasteiger partial charge < -0.3 is 29.8 Å². The fourth-order valence-corrected chi connectivity index (χ4v) is 7.48. The van der Waals surface area contributed by atoms with Crippen LogP contribution < -0.4 is 15.8 Å². The number of piperidine rings is 1. The van der Waals surface area contributed by atoms with Crippen LogP contribution in [0.3, 0.4) is 0 Å². The van der Waals surface area contributed by atoms with E-state index in [2.05, 4.69) is 33.2 Å². The molecule has 10 heteroatoms. The van der Waals surface area contributed by atoms with Gasteiger partial charge in [0.2, 0.25) is 0 Å². The molecule has 47 heavy (non-hydrogen) atoms. The summed E-state index contributed by atoms with van der Waals surface area (Å²) in [5, 5.41) is 3.92. The quantitative estimate of drug-likeness (QED) is 0.211. The molecule has 240 valence electrons. The van der Waals surface area contributed by atoms with E-state index in [1.807, 2.05) is 54.4 Å². The first-order valence-electron chi connectivity index (χ1n) is 16.4. The van der Waals surface area contributed by atoms with Crippen LogP contribution in [0.2, 0.25) is 0 Å². The summed E-state index contributed by atoms with van der Waals surface area (Å²) in [6.07, 6.45) is 4.43. The third kappa shape index (κ3) is 4.98. The van der Waals surface area contributed by atoms with Crippen LogP contribution in [0.1, 0.15) is 43.0 Å². The molecule has 2 amide bonds. The number of anilines is 1. The summed E-state index contributed by atoms with van der Waals surface area (Å²) in [6, 6.07) is 17.9. The lowest BCUT2D eigenvalue weighted by Crippen LogP contribution is -2.41. The molecule has 2 bridgehead atoms. The highest BCUT2D eigenvalue weighted by molar-refractivity contribution is 6.03. The molecular formula is C37H39N7O3. The highest BCUT2D eigenvalue weighted by Gasteiger charge is 2.47. The number of rotatable bonds is 8. The van der Waals surface area contributed by atoms with Gasteiger partial charge in [0, 0.05) is 60.0 Å². The van der Waals surface area contributed by atoms with Crippen molar-refractivity contribution in [2.24, 2.45) is 24.6 Å². The van der Waals surface area contributed by atoms with E-state index in [1.165, 1.54) is 12.8 Å². The number of aryl methyl sites for hydroxylation is 1. The standard InChI is InChI=1S/C37H39N7O3/c1-20(2)36(45)39-26-7-5-6-22(14-26)27-12-10-23-16-30(43(34(23)40-27)18-21-8-9-21)35-41-28-15-25(17-31(47-4)33(28)42(35)3)37(46)44-19-24-11-13-29(44)32(24)38/h5-7,10,12,14-17,21,24,29,32H,1,8-9,11,13,18-19,38H2,2-4H3,(H,39,45). The van der Waals surface area contributed by atoms with E-state index in [0.29, 0.717) is 46.5 Å². The Bertz CT molecular complexity index is 2110. The second kappa shape index (κ2) is 11.1. The fraction of sp³-hybridized carbons (Fsp3) is 0.351. The van der Waals surface area contributed by atoms with E-state index in [9.17, 15) is 9.59 Å². The molecule has 4 heterocycles. The lowest BCUT2D eigenvalue weighted by molar-refractivity contribution is -0.112. The van der Waals surface area contributed by atoms with E-state index < -0.39 is 0 Å². The van der Waals surface area contributed by atoms with Crippen LogP contribution in [-0.2, 0) is 18.4 Å². The van der Waals surface area contributed by atoms with Gasteiger partial charge in [-0.05, 0) is 86.9 Å². The molecular weight excluding hydrogens is 590 g/mol. The van der Waals surface area contributed by atoms with Crippen LogP contribution in [0.4, 0.5) is 5.69 Å². The lowest BCUT2D eigenvalue weighted by Gasteiger charge is -2.27. The second-order valence-electron chi connectivity index (χ2n) is 13.5. The molecule has 3 aromatic heterocycles. The summed E-state index contributed by atoms with van der Waals surface area (Å²) in [7, 11) is 3.63. The topological polar surface area (TPSA) is 120 Å². The summed E-state index contributed by atoms with van der Waals surface area (Å²) in [5.41, 5.74) is 13.3. The Morgan fingerprint density at radius 3 is 2.60 bits per heavy atom. The van der Waals surface area contributed by atoms with Crippen molar-refractivity contribution in [3.05, 3.63) is 72.3 Å². The van der Waals surface area contributed by atoms with Gasteiger partial charge in [-0.3, -0.25) is 9.59 Å². The van der Waals surface area contributed by atoms with Gasteiger partial charge in [-0.25, -0.2) is 9.97 Å². The number of ether oxygens (including phenoxy) is 1. The van der Waals surface area contributed by atoms with Crippen LogP contribution in [0.25, 0.3) is 44.8 Å². The SMILES string of the molecule is C=C(C)C(=O)Nc1cccc(-c2ccc3cc(-c4nc5cc(C(=O)N6CC7CCC6C7N)cc(OC)c5n4C)n(CC4CC4)c3n2)c1. The van der Waals surface area contributed by atoms with Crippen LogP contribution in [0.15, 0.2) is 66.7 Å². The number of carbonyl (C=O) groups is 2. The monoisotopic (exact) mass is 629 g/mol. The van der Waals surface area contributed by atoms with Gasteiger partial charge in [-0.1, -0.05) is 18.7 Å². The number of benzene rings is 2. The van der Waals surface area contributed by atoms with Gasteiger partial charge in [0.15, 0.2) is 5.82 Å². The third-order valence-corrected chi connectivity index (χ3v) is 10.2. The highest BCUT2D eigenvalue weighted by Crippen LogP contribution is 2.40. The van der Waals surface area contributed by atoms with Crippen molar-refractivity contribution >= 4 is 39.6 Å². The summed E-state index contributed by atoms with van der Waals surface area (Å²) in [6.45, 7) is 6.97. The van der Waals surface area contributed by atoms with E-state index in [-0.39, 0.29) is 23.9 Å². The molecule has 3 N–H and O–H groups in total. The van der Waals surface area contributed by atoms with Crippen molar-refractivity contribution in [3.8, 4) is 28.5 Å². The first-order chi connectivity index (χ1) is 22.7. The molecule has 3 atom stereocenters. The molecule has 8 rings (SSSR count). The Labute approximate surface area is 273 Å². The van der Waals surface area contributed by atoms with E-state index in [1.54, 1.807) is 14.0 Å². The predicted octanol–water partition coefficient (Wildman–Crippen LogP) is 5.75. The van der Waals surface area contributed by atoms with Crippen LogP contribution >= 0.6 is 0 Å². The minimum atomic E-state index is -0.212. The molecule has 5 aromatic rings. The highest BCUT2D eigenvalue weighted by atomic mass is 16.5. The number of nitrogens with one attached hydrogen (secondary N) is 1. The normalized spacial score (nSPS) is 20.3. The Balaban J connectivity index is 1.20. The molecule has 2 aliphatic carbocycles. The number of aromatic nitrogens is 4. The number of nitrogens with two attached hydrogens (primary N) is 1. The Kier molecular flexibility index (Phi) is 6.94. The molecule has 0 spiro atoms. The number of imidazole rings is 1. The van der Waals surface area contributed by atoms with Gasteiger partial charge in [-0.2, -0.15) is 0 Å². The zero-order valence-electron chi connectivity index (χ0n) is 27.0. The molecule has 2 aromatic carbocycles. The lowest BCUT2D eigenvalue weighted by atomic mass is 10.1. The number of pyridine rings is 1. The smallest absolute Gasteiger partial charge is 0.254 e. The van der Waals surface area contributed by atoms with Crippen molar-refractivity contribution in [2.45, 2.75) is 51.2 Å². The maximum absolute atomic E-state index is 13.8. The van der Waals surface area contributed by atoms with Crippen molar-refractivity contribution in [1.29, 1.82) is 0 Å². The average Bonchev–Trinajstić information content (AvgIpc) is 3.47. The zero-order valence-corrected chi connectivity index (χ0v) is 27.0. The van der Waals surface area contributed by atoms with Gasteiger partial charge in [0.1, 0.15) is 16.9 Å². The van der Waals surface area contributed by atoms with Gasteiger partial charge in [0.25, 0.3) is 11.8 Å². The van der Waals surface area contributed by atoms with E-state index in [0.717, 1.165) is 58.7 Å². The zero-order chi connectivity index (χ0) is 32.6. The van der Waals surface area contributed by atoms with Gasteiger partial charge in [-0.15, -0.1) is 0 Å². The summed E-state index contributed by atoms with van der Waals surface area (Å²) < 4.78 is 10.2. The van der Waals surface area contributed by atoms with Gasteiger partial charge in [0.05, 0.1) is 24.0 Å². The molecule has 3 unspecified atom stereocenters. The van der Waals surface area contributed by atoms with Crippen molar-refractivity contribution < 1.29 is 14.3 Å². The predicted molar refractivity (Wildman–Crippen MR) is 183 cm³/mol. The fourth-order valence-electron chi connectivity index (χ4n) is 7.48. The van der Waals surface area contributed by atoms with Crippen LogP contribution in [0, 0.1) is 11.8 Å². The first kappa shape index (κ1) is 29.4. The maximum atomic E-state index is 13.8. The van der Waals surface area contributed by atoms with E-state index >= 15 is 0 Å². The van der Waals surface area contributed by atoms with Crippen molar-refractivity contribution in [3.63, 3.8) is 0 Å². The Hall–Kier alpha value is -4.96. The minimum Gasteiger partial charge on any atom is -0.494 e. The molecule has 0 radical (unpaired) electrons. The molecule has 3 fully saturated rings. The minimum absolute atomic E-state index is 0.0112. The number of amides is 2.